The first kappa shape index (κ1) is 17.9. The number of halogens is 2. The SMILES string of the molecule is O=C(COc1cccc(Oc2ccc(Cl)cc2Cl)c1)N1CCOCC1. The molecule has 1 amide bonds. The molecule has 0 bridgehead atoms. The zero-order valence-electron chi connectivity index (χ0n) is 13.4. The summed E-state index contributed by atoms with van der Waals surface area (Å²) in [5.41, 5.74) is 0. The van der Waals surface area contributed by atoms with Gasteiger partial charge in [0, 0.05) is 24.2 Å². The van der Waals surface area contributed by atoms with E-state index in [2.05, 4.69) is 0 Å². The molecule has 132 valence electrons. The fourth-order valence-corrected chi connectivity index (χ4v) is 2.81. The normalized spacial score (nSPS) is 14.2. The van der Waals surface area contributed by atoms with Crippen LogP contribution in [0, 0.1) is 0 Å². The Morgan fingerprint density at radius 1 is 1.08 bits per heavy atom. The molecule has 1 aliphatic rings. The lowest BCUT2D eigenvalue weighted by Crippen LogP contribution is -2.42. The second-order valence-corrected chi connectivity index (χ2v) is 6.28. The molecule has 1 saturated heterocycles. The summed E-state index contributed by atoms with van der Waals surface area (Å²) in [5, 5.41) is 0.956. The molecule has 0 N–H and O–H groups in total. The number of carbonyl (C=O) groups excluding carboxylic acids is 1. The third-order valence-electron chi connectivity index (χ3n) is 3.65. The van der Waals surface area contributed by atoms with Crippen molar-refractivity contribution < 1.29 is 19.0 Å². The number of hydrogen-bond donors (Lipinski definition) is 0. The fraction of sp³-hybridized carbons (Fsp3) is 0.278. The largest absolute Gasteiger partial charge is 0.484 e. The maximum Gasteiger partial charge on any atom is 0.260 e. The average Bonchev–Trinajstić information content (AvgIpc) is 2.63. The van der Waals surface area contributed by atoms with Crippen molar-refractivity contribution in [3.8, 4) is 17.2 Å². The van der Waals surface area contributed by atoms with Crippen LogP contribution in [0.15, 0.2) is 42.5 Å². The van der Waals surface area contributed by atoms with Gasteiger partial charge in [0.25, 0.3) is 5.91 Å². The van der Waals surface area contributed by atoms with Crippen LogP contribution >= 0.6 is 23.2 Å². The lowest BCUT2D eigenvalue weighted by atomic mass is 10.3. The van der Waals surface area contributed by atoms with Gasteiger partial charge in [-0.15, -0.1) is 0 Å². The Hall–Kier alpha value is -1.95. The Morgan fingerprint density at radius 3 is 2.60 bits per heavy atom. The van der Waals surface area contributed by atoms with Gasteiger partial charge in [-0.3, -0.25) is 4.79 Å². The third-order valence-corrected chi connectivity index (χ3v) is 4.18. The number of amides is 1. The molecular formula is C18H17Cl2NO4. The lowest BCUT2D eigenvalue weighted by Gasteiger charge is -2.26. The highest BCUT2D eigenvalue weighted by Gasteiger charge is 2.17. The van der Waals surface area contributed by atoms with E-state index in [1.807, 2.05) is 0 Å². The second kappa shape index (κ2) is 8.43. The molecule has 1 heterocycles. The van der Waals surface area contributed by atoms with Crippen LogP contribution in [-0.2, 0) is 9.53 Å². The van der Waals surface area contributed by atoms with E-state index < -0.39 is 0 Å². The van der Waals surface area contributed by atoms with Crippen LogP contribution in [0.4, 0.5) is 0 Å². The second-order valence-electron chi connectivity index (χ2n) is 5.43. The minimum absolute atomic E-state index is 0.0227. The summed E-state index contributed by atoms with van der Waals surface area (Å²) in [6.07, 6.45) is 0. The van der Waals surface area contributed by atoms with E-state index >= 15 is 0 Å². The van der Waals surface area contributed by atoms with Gasteiger partial charge in [0.2, 0.25) is 0 Å². The number of carbonyl (C=O) groups is 1. The molecule has 5 nitrogen and oxygen atoms in total. The number of morpholine rings is 1. The maximum absolute atomic E-state index is 12.1. The smallest absolute Gasteiger partial charge is 0.260 e. The van der Waals surface area contributed by atoms with Gasteiger partial charge in [-0.1, -0.05) is 29.3 Å². The molecular weight excluding hydrogens is 365 g/mol. The van der Waals surface area contributed by atoms with Crippen LogP contribution in [0.1, 0.15) is 0 Å². The summed E-state index contributed by atoms with van der Waals surface area (Å²) in [6.45, 7) is 2.31. The van der Waals surface area contributed by atoms with Crippen molar-refractivity contribution >= 4 is 29.1 Å². The van der Waals surface area contributed by atoms with E-state index in [-0.39, 0.29) is 12.5 Å². The molecule has 0 atom stereocenters. The Bertz CT molecular complexity index is 748. The minimum Gasteiger partial charge on any atom is -0.484 e. The zero-order valence-corrected chi connectivity index (χ0v) is 14.9. The fourth-order valence-electron chi connectivity index (χ4n) is 2.36. The summed E-state index contributed by atoms with van der Waals surface area (Å²) in [4.78, 5) is 13.8. The van der Waals surface area contributed by atoms with Gasteiger partial charge >= 0.3 is 0 Å². The first-order valence-corrected chi connectivity index (χ1v) is 8.59. The number of ether oxygens (including phenoxy) is 3. The molecule has 0 aliphatic carbocycles. The molecule has 1 aliphatic heterocycles. The Balaban J connectivity index is 1.60. The van der Waals surface area contributed by atoms with E-state index in [0.717, 1.165) is 0 Å². The first-order valence-electron chi connectivity index (χ1n) is 7.83. The van der Waals surface area contributed by atoms with Crippen molar-refractivity contribution in [2.24, 2.45) is 0 Å². The Labute approximate surface area is 156 Å². The molecule has 7 heteroatoms. The molecule has 2 aromatic carbocycles. The standard InChI is InChI=1S/C18H17Cl2NO4/c19-13-4-5-17(16(20)10-13)25-15-3-1-2-14(11-15)24-12-18(22)21-6-8-23-9-7-21/h1-5,10-11H,6-9,12H2. The predicted molar refractivity (Wildman–Crippen MR) is 95.9 cm³/mol. The molecule has 25 heavy (non-hydrogen) atoms. The van der Waals surface area contributed by atoms with Gasteiger partial charge in [0.05, 0.1) is 18.2 Å². The molecule has 0 radical (unpaired) electrons. The summed E-state index contributed by atoms with van der Waals surface area (Å²) in [6, 6.07) is 12.0. The Kier molecular flexibility index (Phi) is 6.02. The highest BCUT2D eigenvalue weighted by atomic mass is 35.5. The monoisotopic (exact) mass is 381 g/mol. The molecule has 2 aromatic rings. The minimum atomic E-state index is -0.0598. The van der Waals surface area contributed by atoms with Gasteiger partial charge in [-0.05, 0) is 30.3 Å². The van der Waals surface area contributed by atoms with Gasteiger partial charge < -0.3 is 19.1 Å². The summed E-state index contributed by atoms with van der Waals surface area (Å²) in [5.74, 6) is 1.53. The van der Waals surface area contributed by atoms with Gasteiger partial charge in [-0.25, -0.2) is 0 Å². The van der Waals surface area contributed by atoms with Gasteiger partial charge in [-0.2, -0.15) is 0 Å². The van der Waals surface area contributed by atoms with E-state index in [0.29, 0.717) is 53.6 Å². The van der Waals surface area contributed by atoms with Gasteiger partial charge in [0.15, 0.2) is 6.61 Å². The summed E-state index contributed by atoms with van der Waals surface area (Å²) in [7, 11) is 0. The van der Waals surface area contributed by atoms with Crippen molar-refractivity contribution in [3.63, 3.8) is 0 Å². The van der Waals surface area contributed by atoms with Crippen molar-refractivity contribution in [2.75, 3.05) is 32.9 Å². The number of nitrogens with zero attached hydrogens (tertiary/aromatic N) is 1. The van der Waals surface area contributed by atoms with Crippen LogP contribution in [0.5, 0.6) is 17.2 Å². The molecule has 0 spiro atoms. The highest BCUT2D eigenvalue weighted by molar-refractivity contribution is 6.35. The maximum atomic E-state index is 12.1. The predicted octanol–water partition coefficient (Wildman–Crippen LogP) is 4.02. The molecule has 1 fully saturated rings. The van der Waals surface area contributed by atoms with Gasteiger partial charge in [0.1, 0.15) is 17.2 Å². The van der Waals surface area contributed by atoms with E-state index in [4.69, 9.17) is 37.4 Å². The van der Waals surface area contributed by atoms with Crippen LogP contribution in [0.3, 0.4) is 0 Å². The zero-order chi connectivity index (χ0) is 17.6. The first-order chi connectivity index (χ1) is 12.1. The van der Waals surface area contributed by atoms with Crippen LogP contribution in [-0.4, -0.2) is 43.7 Å². The average molecular weight is 382 g/mol. The van der Waals surface area contributed by atoms with Crippen LogP contribution in [0.25, 0.3) is 0 Å². The summed E-state index contributed by atoms with van der Waals surface area (Å²) >= 11 is 12.0. The van der Waals surface area contributed by atoms with E-state index in [9.17, 15) is 4.79 Å². The molecule has 0 saturated carbocycles. The molecule has 3 rings (SSSR count). The van der Waals surface area contributed by atoms with E-state index in [1.54, 1.807) is 47.4 Å². The van der Waals surface area contributed by atoms with E-state index in [1.165, 1.54) is 0 Å². The number of hydrogen-bond acceptors (Lipinski definition) is 4. The summed E-state index contributed by atoms with van der Waals surface area (Å²) < 4.78 is 16.6. The lowest BCUT2D eigenvalue weighted by molar-refractivity contribution is -0.137. The van der Waals surface area contributed by atoms with Crippen LogP contribution < -0.4 is 9.47 Å². The number of benzene rings is 2. The van der Waals surface area contributed by atoms with Crippen molar-refractivity contribution in [3.05, 3.63) is 52.5 Å². The van der Waals surface area contributed by atoms with Crippen LogP contribution in [0.2, 0.25) is 10.0 Å². The molecule has 0 aromatic heterocycles. The highest BCUT2D eigenvalue weighted by Crippen LogP contribution is 2.32. The molecule has 0 unspecified atom stereocenters. The Morgan fingerprint density at radius 2 is 1.84 bits per heavy atom. The third kappa shape index (κ3) is 5.01. The number of rotatable bonds is 5. The quantitative estimate of drug-likeness (QED) is 0.784. The topological polar surface area (TPSA) is 48.0 Å². The van der Waals surface area contributed by atoms with Crippen molar-refractivity contribution in [2.45, 2.75) is 0 Å². The van der Waals surface area contributed by atoms with Crippen molar-refractivity contribution in [1.82, 2.24) is 4.90 Å². The van der Waals surface area contributed by atoms with Crippen molar-refractivity contribution in [1.29, 1.82) is 0 Å².